The quantitative estimate of drug-likeness (QED) is 0.511. The Kier molecular flexibility index (Phi) is 6.74. The van der Waals surface area contributed by atoms with Crippen molar-refractivity contribution in [3.05, 3.63) is 59.5 Å². The Hall–Kier alpha value is -4.08. The molecule has 2 aliphatic heterocycles. The molecule has 206 valence electrons. The predicted molar refractivity (Wildman–Crippen MR) is 144 cm³/mol. The first kappa shape index (κ1) is 26.5. The van der Waals surface area contributed by atoms with E-state index in [9.17, 15) is 23.9 Å². The van der Waals surface area contributed by atoms with Gasteiger partial charge in [0.05, 0.1) is 30.3 Å². The summed E-state index contributed by atoms with van der Waals surface area (Å²) in [5.74, 6) is -1.82. The minimum atomic E-state index is -0.976. The standard InChI is InChI=1S/C29H33FN4O5/c1-17(27(36)37)25-26-24(20-10-9-19(39-4)15-23(20)32(26)3)29(16-34(25)18(2)35)11-13-33(14-12-29)28(38)31-22-8-6-5-7-21(22)30/h5-10,15,17,25H,11-14,16H2,1-4H3,(H,31,38)(H,36,37)/t17?,25-/m1/s1. The lowest BCUT2D eigenvalue weighted by Gasteiger charge is -2.51. The lowest BCUT2D eigenvalue weighted by atomic mass is 9.67. The van der Waals surface area contributed by atoms with Crippen molar-refractivity contribution in [3.63, 3.8) is 0 Å². The highest BCUT2D eigenvalue weighted by Gasteiger charge is 2.51. The molecule has 0 bridgehead atoms. The highest BCUT2D eigenvalue weighted by molar-refractivity contribution is 5.91. The van der Waals surface area contributed by atoms with Crippen molar-refractivity contribution >= 4 is 34.5 Å². The van der Waals surface area contributed by atoms with Crippen molar-refractivity contribution in [2.45, 2.75) is 38.1 Å². The van der Waals surface area contributed by atoms with Gasteiger partial charge in [0.1, 0.15) is 11.6 Å². The molecule has 2 N–H and O–H groups in total. The highest BCUT2D eigenvalue weighted by Crippen LogP contribution is 2.52. The van der Waals surface area contributed by atoms with E-state index in [2.05, 4.69) is 5.32 Å². The van der Waals surface area contributed by atoms with Crippen LogP contribution in [0.5, 0.6) is 5.75 Å². The number of amides is 3. The number of anilines is 1. The Bertz CT molecular complexity index is 1460. The molecule has 2 aromatic carbocycles. The maximum absolute atomic E-state index is 14.1. The number of hydrogen-bond acceptors (Lipinski definition) is 4. The molecule has 0 radical (unpaired) electrons. The number of nitrogens with zero attached hydrogens (tertiary/aromatic N) is 3. The second kappa shape index (κ2) is 9.91. The summed E-state index contributed by atoms with van der Waals surface area (Å²) in [6, 6.07) is 10.8. The predicted octanol–water partition coefficient (Wildman–Crippen LogP) is 4.52. The van der Waals surface area contributed by atoms with Crippen LogP contribution in [-0.4, -0.2) is 64.1 Å². The number of para-hydroxylation sites is 1. The fourth-order valence-electron chi connectivity index (χ4n) is 6.37. The number of fused-ring (bicyclic) bond motifs is 4. The van der Waals surface area contributed by atoms with Gasteiger partial charge in [-0.15, -0.1) is 0 Å². The minimum Gasteiger partial charge on any atom is -0.497 e. The van der Waals surface area contributed by atoms with Crippen molar-refractivity contribution in [1.29, 1.82) is 0 Å². The molecule has 1 saturated heterocycles. The second-order valence-corrected chi connectivity index (χ2v) is 10.6. The van der Waals surface area contributed by atoms with E-state index in [0.29, 0.717) is 38.2 Å². The number of carboxylic acids is 1. The first-order chi connectivity index (χ1) is 18.6. The van der Waals surface area contributed by atoms with Gasteiger partial charge >= 0.3 is 12.0 Å². The van der Waals surface area contributed by atoms with Gasteiger partial charge in [-0.1, -0.05) is 12.1 Å². The number of carbonyl (C=O) groups excluding carboxylic acids is 2. The maximum atomic E-state index is 14.1. The summed E-state index contributed by atoms with van der Waals surface area (Å²) in [4.78, 5) is 41.6. The molecule has 2 atom stereocenters. The molecule has 1 unspecified atom stereocenters. The molecule has 3 amide bonds. The van der Waals surface area contributed by atoms with E-state index >= 15 is 0 Å². The lowest BCUT2D eigenvalue weighted by molar-refractivity contribution is -0.147. The van der Waals surface area contributed by atoms with Gasteiger partial charge in [0.15, 0.2) is 0 Å². The van der Waals surface area contributed by atoms with Crippen LogP contribution in [0, 0.1) is 11.7 Å². The number of aromatic nitrogens is 1. The first-order valence-electron chi connectivity index (χ1n) is 13.0. The van der Waals surface area contributed by atoms with E-state index in [-0.39, 0.29) is 17.6 Å². The van der Waals surface area contributed by atoms with E-state index in [4.69, 9.17) is 4.74 Å². The number of nitrogens with one attached hydrogen (secondary N) is 1. The number of piperidine rings is 1. The van der Waals surface area contributed by atoms with Crippen LogP contribution in [0.15, 0.2) is 42.5 Å². The molecule has 3 aromatic rings. The van der Waals surface area contributed by atoms with Crippen LogP contribution >= 0.6 is 0 Å². The SMILES string of the molecule is COc1ccc2c3c(n(C)c2c1)[C@@H](C(C)C(=O)O)N(C(C)=O)CC31CCN(C(=O)Nc2ccccc2F)CC1. The van der Waals surface area contributed by atoms with Gasteiger partial charge in [-0.05, 0) is 49.6 Å². The smallest absolute Gasteiger partial charge is 0.321 e. The van der Waals surface area contributed by atoms with Gasteiger partial charge in [0, 0.05) is 56.2 Å². The van der Waals surface area contributed by atoms with Crippen LogP contribution in [0.25, 0.3) is 10.9 Å². The monoisotopic (exact) mass is 536 g/mol. The van der Waals surface area contributed by atoms with Crippen LogP contribution in [0.2, 0.25) is 0 Å². The van der Waals surface area contributed by atoms with Gasteiger partial charge in [-0.3, -0.25) is 9.59 Å². The average molecular weight is 537 g/mol. The summed E-state index contributed by atoms with van der Waals surface area (Å²) in [7, 11) is 3.50. The Morgan fingerprint density at radius 3 is 2.46 bits per heavy atom. The topological polar surface area (TPSA) is 104 Å². The van der Waals surface area contributed by atoms with Crippen molar-refractivity contribution in [3.8, 4) is 5.75 Å². The van der Waals surface area contributed by atoms with E-state index in [0.717, 1.165) is 22.2 Å². The molecule has 1 spiro atoms. The number of rotatable bonds is 4. The number of likely N-dealkylation sites (tertiary alicyclic amines) is 1. The van der Waals surface area contributed by atoms with Crippen molar-refractivity contribution in [2.24, 2.45) is 13.0 Å². The van der Waals surface area contributed by atoms with Crippen LogP contribution < -0.4 is 10.1 Å². The van der Waals surface area contributed by atoms with Crippen molar-refractivity contribution < 1.29 is 28.6 Å². The first-order valence-corrected chi connectivity index (χ1v) is 13.0. The third kappa shape index (κ3) is 4.37. The molecule has 3 heterocycles. The summed E-state index contributed by atoms with van der Waals surface area (Å²) in [5, 5.41) is 13.7. The maximum Gasteiger partial charge on any atom is 0.321 e. The van der Waals surface area contributed by atoms with Crippen molar-refractivity contribution in [1.82, 2.24) is 14.4 Å². The number of carbonyl (C=O) groups is 3. The Morgan fingerprint density at radius 2 is 1.85 bits per heavy atom. The van der Waals surface area contributed by atoms with Crippen LogP contribution in [0.3, 0.4) is 0 Å². The number of aliphatic carboxylic acids is 1. The number of hydrogen-bond donors (Lipinski definition) is 2. The number of halogens is 1. The van der Waals surface area contributed by atoms with Gasteiger partial charge in [-0.25, -0.2) is 9.18 Å². The molecule has 0 aliphatic carbocycles. The van der Waals surface area contributed by atoms with Gasteiger partial charge in [0.25, 0.3) is 0 Å². The fraction of sp³-hybridized carbons (Fsp3) is 0.414. The Morgan fingerprint density at radius 1 is 1.15 bits per heavy atom. The third-order valence-electron chi connectivity index (χ3n) is 8.46. The molecule has 5 rings (SSSR count). The summed E-state index contributed by atoms with van der Waals surface area (Å²) in [5.41, 5.74) is 2.37. The van der Waals surface area contributed by atoms with Gasteiger partial charge in [-0.2, -0.15) is 0 Å². The normalized spacial score (nSPS) is 19.1. The second-order valence-electron chi connectivity index (χ2n) is 10.6. The van der Waals surface area contributed by atoms with Crippen LogP contribution in [0.4, 0.5) is 14.9 Å². The van der Waals surface area contributed by atoms with E-state index in [1.165, 1.54) is 19.1 Å². The fourth-order valence-corrected chi connectivity index (χ4v) is 6.37. The molecular weight excluding hydrogens is 503 g/mol. The zero-order chi connectivity index (χ0) is 28.1. The van der Waals surface area contributed by atoms with E-state index in [1.807, 2.05) is 29.8 Å². The Labute approximate surface area is 226 Å². The average Bonchev–Trinajstić information content (AvgIpc) is 3.22. The summed E-state index contributed by atoms with van der Waals surface area (Å²) < 4.78 is 21.6. The largest absolute Gasteiger partial charge is 0.497 e. The zero-order valence-corrected chi connectivity index (χ0v) is 22.5. The lowest BCUT2D eigenvalue weighted by Crippen LogP contribution is -2.57. The molecule has 39 heavy (non-hydrogen) atoms. The molecule has 1 aromatic heterocycles. The molecular formula is C29H33FN4O5. The Balaban J connectivity index is 1.57. The number of carboxylic acid groups (broad SMARTS) is 1. The number of ether oxygens (including phenoxy) is 1. The summed E-state index contributed by atoms with van der Waals surface area (Å²) >= 11 is 0. The number of urea groups is 1. The van der Waals surface area contributed by atoms with Crippen LogP contribution in [-0.2, 0) is 22.1 Å². The van der Waals surface area contributed by atoms with E-state index < -0.39 is 29.2 Å². The highest BCUT2D eigenvalue weighted by atomic mass is 19.1. The minimum absolute atomic E-state index is 0.124. The van der Waals surface area contributed by atoms with Crippen LogP contribution in [0.1, 0.15) is 44.0 Å². The molecule has 2 aliphatic rings. The summed E-state index contributed by atoms with van der Waals surface area (Å²) in [6.45, 7) is 4.27. The molecule has 10 heteroatoms. The molecule has 1 fully saturated rings. The number of benzene rings is 2. The third-order valence-corrected chi connectivity index (χ3v) is 8.46. The number of aryl methyl sites for hydroxylation is 1. The van der Waals surface area contributed by atoms with Gasteiger partial charge < -0.3 is 29.5 Å². The summed E-state index contributed by atoms with van der Waals surface area (Å²) in [6.07, 6.45) is 1.13. The molecule has 0 saturated carbocycles. The van der Waals surface area contributed by atoms with Crippen molar-refractivity contribution in [2.75, 3.05) is 32.1 Å². The van der Waals surface area contributed by atoms with Gasteiger partial charge in [0.2, 0.25) is 5.91 Å². The van der Waals surface area contributed by atoms with E-state index in [1.54, 1.807) is 36.0 Å². The molecule has 9 nitrogen and oxygen atoms in total. The number of methoxy groups -OCH3 is 1. The zero-order valence-electron chi connectivity index (χ0n) is 22.5.